The fourth-order valence-corrected chi connectivity index (χ4v) is 1.31. The van der Waals surface area contributed by atoms with Crippen LogP contribution in [0, 0.1) is 6.08 Å². The molecule has 0 fully saturated rings. The SMILES string of the molecule is [C]1=CC=CC1=CCc1ccccc1. The predicted molar refractivity (Wildman–Crippen MR) is 55.2 cm³/mol. The average Bonchev–Trinajstić information content (AvgIpc) is 2.69. The van der Waals surface area contributed by atoms with Crippen LogP contribution in [-0.2, 0) is 6.42 Å². The number of allylic oxidation sites excluding steroid dienone is 6. The number of rotatable bonds is 2. The van der Waals surface area contributed by atoms with Crippen LogP contribution < -0.4 is 0 Å². The second-order valence-corrected chi connectivity index (χ2v) is 3.02. The number of benzene rings is 1. The first kappa shape index (κ1) is 8.06. The third-order valence-electron chi connectivity index (χ3n) is 2.02. The van der Waals surface area contributed by atoms with E-state index in [1.54, 1.807) is 0 Å². The third-order valence-corrected chi connectivity index (χ3v) is 2.02. The van der Waals surface area contributed by atoms with Crippen molar-refractivity contribution in [3.05, 3.63) is 71.8 Å². The van der Waals surface area contributed by atoms with Gasteiger partial charge in [0.25, 0.3) is 0 Å². The van der Waals surface area contributed by atoms with Crippen molar-refractivity contribution in [1.82, 2.24) is 0 Å². The van der Waals surface area contributed by atoms with Crippen molar-refractivity contribution < 1.29 is 0 Å². The molecule has 13 heavy (non-hydrogen) atoms. The molecule has 0 spiro atoms. The highest BCUT2D eigenvalue weighted by Gasteiger charge is 1.92. The third kappa shape index (κ3) is 2.19. The fraction of sp³-hybridized carbons (Fsp3) is 0.0769. The first-order valence-electron chi connectivity index (χ1n) is 4.46. The van der Waals surface area contributed by atoms with Crippen molar-refractivity contribution in [2.75, 3.05) is 0 Å². The Labute approximate surface area is 78.9 Å². The monoisotopic (exact) mass is 167 g/mol. The van der Waals surface area contributed by atoms with E-state index in [4.69, 9.17) is 0 Å². The lowest BCUT2D eigenvalue weighted by molar-refractivity contribution is 1.26. The van der Waals surface area contributed by atoms with Gasteiger partial charge in [0.1, 0.15) is 0 Å². The molecule has 0 saturated heterocycles. The van der Waals surface area contributed by atoms with Gasteiger partial charge in [-0.1, -0.05) is 54.6 Å². The molecule has 0 bridgehead atoms. The van der Waals surface area contributed by atoms with E-state index in [1.165, 1.54) is 11.1 Å². The Hall–Kier alpha value is -1.56. The van der Waals surface area contributed by atoms with Gasteiger partial charge in [-0.2, -0.15) is 0 Å². The molecule has 0 aromatic heterocycles. The first-order chi connectivity index (χ1) is 6.45. The van der Waals surface area contributed by atoms with Crippen molar-refractivity contribution in [3.8, 4) is 0 Å². The molecule has 1 aromatic carbocycles. The maximum absolute atomic E-state index is 3.15. The largest absolute Gasteiger partial charge is 0.0722 e. The van der Waals surface area contributed by atoms with E-state index in [0.29, 0.717) is 0 Å². The van der Waals surface area contributed by atoms with E-state index in [2.05, 4.69) is 42.5 Å². The Kier molecular flexibility index (Phi) is 2.42. The second-order valence-electron chi connectivity index (χ2n) is 3.02. The molecule has 63 valence electrons. The van der Waals surface area contributed by atoms with Gasteiger partial charge < -0.3 is 0 Å². The standard InChI is InChI=1S/C13H11/c1-2-6-12(7-3-1)10-11-13-8-4-5-9-13/h1-8,11H,10H2. The summed E-state index contributed by atoms with van der Waals surface area (Å²) in [5, 5.41) is 0. The lowest BCUT2D eigenvalue weighted by Gasteiger charge is -1.94. The Bertz CT molecular complexity index is 339. The minimum atomic E-state index is 0.987. The van der Waals surface area contributed by atoms with Gasteiger partial charge in [-0.25, -0.2) is 0 Å². The van der Waals surface area contributed by atoms with Crippen molar-refractivity contribution in [2.45, 2.75) is 6.42 Å². The molecule has 2 rings (SSSR count). The summed E-state index contributed by atoms with van der Waals surface area (Å²) in [6.45, 7) is 0. The second kappa shape index (κ2) is 3.90. The minimum Gasteiger partial charge on any atom is -0.0722 e. The van der Waals surface area contributed by atoms with Crippen LogP contribution in [0.1, 0.15) is 5.56 Å². The van der Waals surface area contributed by atoms with Gasteiger partial charge in [-0.05, 0) is 23.6 Å². The summed E-state index contributed by atoms with van der Waals surface area (Å²) in [5.74, 6) is 0. The normalized spacial score (nSPS) is 17.1. The van der Waals surface area contributed by atoms with Crippen LogP contribution in [0.4, 0.5) is 0 Å². The van der Waals surface area contributed by atoms with E-state index in [1.807, 2.05) is 18.2 Å². The maximum atomic E-state index is 3.15. The molecule has 0 heterocycles. The van der Waals surface area contributed by atoms with Gasteiger partial charge in [-0.3, -0.25) is 0 Å². The van der Waals surface area contributed by atoms with Crippen LogP contribution in [0.3, 0.4) is 0 Å². The molecule has 0 amide bonds. The van der Waals surface area contributed by atoms with E-state index >= 15 is 0 Å². The zero-order valence-electron chi connectivity index (χ0n) is 7.40. The summed E-state index contributed by atoms with van der Waals surface area (Å²) in [5.41, 5.74) is 2.53. The highest BCUT2D eigenvalue weighted by molar-refractivity contribution is 5.36. The highest BCUT2D eigenvalue weighted by Crippen LogP contribution is 2.08. The van der Waals surface area contributed by atoms with Crippen LogP contribution >= 0.6 is 0 Å². The lowest BCUT2D eigenvalue weighted by Crippen LogP contribution is -1.80. The number of hydrogen-bond acceptors (Lipinski definition) is 0. The molecular formula is C13H11. The maximum Gasteiger partial charge on any atom is -0.00882 e. The molecule has 1 aliphatic carbocycles. The minimum absolute atomic E-state index is 0.987. The summed E-state index contributed by atoms with van der Waals surface area (Å²) in [6.07, 6.45) is 12.4. The van der Waals surface area contributed by atoms with Crippen molar-refractivity contribution in [1.29, 1.82) is 0 Å². The van der Waals surface area contributed by atoms with Crippen LogP contribution in [0.15, 0.2) is 60.2 Å². The van der Waals surface area contributed by atoms with Gasteiger partial charge in [0.05, 0.1) is 0 Å². The van der Waals surface area contributed by atoms with E-state index in [9.17, 15) is 0 Å². The summed E-state index contributed by atoms with van der Waals surface area (Å²) >= 11 is 0. The van der Waals surface area contributed by atoms with Crippen LogP contribution in [0.25, 0.3) is 0 Å². The van der Waals surface area contributed by atoms with E-state index in [0.717, 1.165) is 6.42 Å². The lowest BCUT2D eigenvalue weighted by atomic mass is 10.1. The predicted octanol–water partition coefficient (Wildman–Crippen LogP) is 3.08. The zero-order chi connectivity index (χ0) is 8.93. The first-order valence-corrected chi connectivity index (χ1v) is 4.46. The Morgan fingerprint density at radius 3 is 2.69 bits per heavy atom. The quantitative estimate of drug-likeness (QED) is 0.635. The molecule has 0 heteroatoms. The smallest absolute Gasteiger partial charge is 0.00882 e. The molecule has 0 aliphatic heterocycles. The van der Waals surface area contributed by atoms with Gasteiger partial charge in [0.15, 0.2) is 0 Å². The summed E-state index contributed by atoms with van der Waals surface area (Å²) in [4.78, 5) is 0. The van der Waals surface area contributed by atoms with Crippen molar-refractivity contribution in [2.24, 2.45) is 0 Å². The summed E-state index contributed by atoms with van der Waals surface area (Å²) in [6, 6.07) is 10.5. The zero-order valence-corrected chi connectivity index (χ0v) is 7.40. The molecule has 1 aromatic rings. The van der Waals surface area contributed by atoms with Crippen LogP contribution in [-0.4, -0.2) is 0 Å². The Balaban J connectivity index is 2.04. The summed E-state index contributed by atoms with van der Waals surface area (Å²) < 4.78 is 0. The number of hydrogen-bond donors (Lipinski definition) is 0. The molecule has 0 unspecified atom stereocenters. The van der Waals surface area contributed by atoms with E-state index < -0.39 is 0 Å². The Morgan fingerprint density at radius 2 is 2.00 bits per heavy atom. The Morgan fingerprint density at radius 1 is 1.15 bits per heavy atom. The fourth-order valence-electron chi connectivity index (χ4n) is 1.31. The van der Waals surface area contributed by atoms with Gasteiger partial charge in [0.2, 0.25) is 0 Å². The van der Waals surface area contributed by atoms with Crippen molar-refractivity contribution >= 4 is 0 Å². The molecular weight excluding hydrogens is 156 g/mol. The molecule has 0 N–H and O–H groups in total. The summed E-state index contributed by atoms with van der Waals surface area (Å²) in [7, 11) is 0. The molecule has 1 radical (unpaired) electrons. The molecule has 0 saturated carbocycles. The topological polar surface area (TPSA) is 0 Å². The van der Waals surface area contributed by atoms with Gasteiger partial charge >= 0.3 is 0 Å². The van der Waals surface area contributed by atoms with Crippen LogP contribution in [0.5, 0.6) is 0 Å². The average molecular weight is 167 g/mol. The van der Waals surface area contributed by atoms with E-state index in [-0.39, 0.29) is 0 Å². The van der Waals surface area contributed by atoms with Crippen molar-refractivity contribution in [3.63, 3.8) is 0 Å². The van der Waals surface area contributed by atoms with Crippen LogP contribution in [0.2, 0.25) is 0 Å². The van der Waals surface area contributed by atoms with Gasteiger partial charge in [-0.15, -0.1) is 0 Å². The van der Waals surface area contributed by atoms with Gasteiger partial charge in [0, 0.05) is 0 Å². The molecule has 1 aliphatic rings. The highest BCUT2D eigenvalue weighted by atomic mass is 14.0. The molecule has 0 nitrogen and oxygen atoms in total. The molecule has 0 atom stereocenters.